The van der Waals surface area contributed by atoms with Crippen molar-refractivity contribution in [1.82, 2.24) is 10.2 Å². The molecule has 0 saturated heterocycles. The Morgan fingerprint density at radius 2 is 1.62 bits per heavy atom. The minimum Gasteiger partial charge on any atom is -0.493 e. The maximum Gasteiger partial charge on any atom is 0.247 e. The molecule has 0 bridgehead atoms. The standard InChI is InChI=1S/C19H19ClN2O3S/c20-10-11-23-17-8-6-15(7-9-17)19-22-21-18(25-19)14-26-13-12-24-16-4-2-1-3-5-16/h1-9H,10-14H2. The molecule has 3 rings (SSSR count). The Morgan fingerprint density at radius 1 is 0.885 bits per heavy atom. The monoisotopic (exact) mass is 390 g/mol. The zero-order chi connectivity index (χ0) is 18.0. The van der Waals surface area contributed by atoms with Crippen molar-refractivity contribution in [3.63, 3.8) is 0 Å². The van der Waals surface area contributed by atoms with Crippen LogP contribution in [0, 0.1) is 0 Å². The van der Waals surface area contributed by atoms with Crippen molar-refractivity contribution in [3.05, 3.63) is 60.5 Å². The second-order valence-electron chi connectivity index (χ2n) is 5.28. The maximum absolute atomic E-state index is 5.71. The summed E-state index contributed by atoms with van der Waals surface area (Å²) in [6, 6.07) is 17.3. The summed E-state index contributed by atoms with van der Waals surface area (Å²) in [5.41, 5.74) is 0.861. The van der Waals surface area contributed by atoms with Gasteiger partial charge in [-0.25, -0.2) is 0 Å². The predicted molar refractivity (Wildman–Crippen MR) is 104 cm³/mol. The lowest BCUT2D eigenvalue weighted by molar-refractivity contribution is 0.343. The molecule has 1 aromatic heterocycles. The van der Waals surface area contributed by atoms with Gasteiger partial charge in [0.25, 0.3) is 0 Å². The third kappa shape index (κ3) is 5.68. The molecule has 136 valence electrons. The molecular formula is C19H19ClN2O3S. The Hall–Kier alpha value is -2.18. The Morgan fingerprint density at radius 3 is 2.38 bits per heavy atom. The van der Waals surface area contributed by atoms with Gasteiger partial charge in [-0.1, -0.05) is 18.2 Å². The first-order chi connectivity index (χ1) is 12.8. The molecule has 3 aromatic rings. The van der Waals surface area contributed by atoms with Crippen LogP contribution in [0.3, 0.4) is 0 Å². The Kier molecular flexibility index (Phi) is 7.22. The highest BCUT2D eigenvalue weighted by Crippen LogP contribution is 2.22. The lowest BCUT2D eigenvalue weighted by atomic mass is 10.2. The van der Waals surface area contributed by atoms with Gasteiger partial charge >= 0.3 is 0 Å². The summed E-state index contributed by atoms with van der Waals surface area (Å²) in [5, 5.41) is 8.19. The molecule has 0 radical (unpaired) electrons. The molecule has 0 aliphatic heterocycles. The molecule has 5 nitrogen and oxygen atoms in total. The average Bonchev–Trinajstić information content (AvgIpc) is 3.16. The lowest BCUT2D eigenvalue weighted by Gasteiger charge is -2.04. The molecule has 0 aliphatic rings. The molecule has 2 aromatic carbocycles. The molecule has 0 fully saturated rings. The summed E-state index contributed by atoms with van der Waals surface area (Å²) < 4.78 is 16.8. The summed E-state index contributed by atoms with van der Waals surface area (Å²) >= 11 is 7.30. The fraction of sp³-hybridized carbons (Fsp3) is 0.263. The van der Waals surface area contributed by atoms with Crippen LogP contribution in [0.2, 0.25) is 0 Å². The van der Waals surface area contributed by atoms with Gasteiger partial charge in [0, 0.05) is 11.3 Å². The van der Waals surface area contributed by atoms with E-state index in [4.69, 9.17) is 25.5 Å². The number of thioether (sulfide) groups is 1. The highest BCUT2D eigenvalue weighted by Gasteiger charge is 2.09. The van der Waals surface area contributed by atoms with E-state index in [1.54, 1.807) is 11.8 Å². The van der Waals surface area contributed by atoms with Gasteiger partial charge in [-0.15, -0.1) is 33.6 Å². The largest absolute Gasteiger partial charge is 0.493 e. The highest BCUT2D eigenvalue weighted by atomic mass is 35.5. The Balaban J connectivity index is 1.43. The Labute approximate surface area is 161 Å². The number of benzene rings is 2. The number of para-hydroxylation sites is 1. The third-order valence-corrected chi connectivity index (χ3v) is 4.44. The molecule has 7 heteroatoms. The van der Waals surface area contributed by atoms with Gasteiger partial charge in [0.05, 0.1) is 18.2 Å². The summed E-state index contributed by atoms with van der Waals surface area (Å²) in [7, 11) is 0. The van der Waals surface area contributed by atoms with E-state index in [1.807, 2.05) is 54.6 Å². The topological polar surface area (TPSA) is 57.4 Å². The first-order valence-electron chi connectivity index (χ1n) is 8.22. The molecule has 26 heavy (non-hydrogen) atoms. The fourth-order valence-corrected chi connectivity index (χ4v) is 2.89. The van der Waals surface area contributed by atoms with Crippen molar-refractivity contribution < 1.29 is 13.9 Å². The zero-order valence-electron chi connectivity index (χ0n) is 14.1. The van der Waals surface area contributed by atoms with E-state index < -0.39 is 0 Å². The van der Waals surface area contributed by atoms with Gasteiger partial charge in [-0.2, -0.15) is 0 Å². The van der Waals surface area contributed by atoms with Crippen LogP contribution in [-0.4, -0.2) is 35.0 Å². The zero-order valence-corrected chi connectivity index (χ0v) is 15.7. The molecule has 0 saturated carbocycles. The van der Waals surface area contributed by atoms with Crippen molar-refractivity contribution in [2.45, 2.75) is 5.75 Å². The summed E-state index contributed by atoms with van der Waals surface area (Å²) in [5.74, 6) is 4.72. The first-order valence-corrected chi connectivity index (χ1v) is 9.91. The van der Waals surface area contributed by atoms with Crippen LogP contribution in [0.25, 0.3) is 11.5 Å². The smallest absolute Gasteiger partial charge is 0.247 e. The van der Waals surface area contributed by atoms with E-state index >= 15 is 0 Å². The van der Waals surface area contributed by atoms with Crippen LogP contribution < -0.4 is 9.47 Å². The second-order valence-corrected chi connectivity index (χ2v) is 6.76. The summed E-state index contributed by atoms with van der Waals surface area (Å²) in [6.45, 7) is 1.12. The van der Waals surface area contributed by atoms with Crippen LogP contribution in [0.5, 0.6) is 11.5 Å². The van der Waals surface area contributed by atoms with Crippen LogP contribution in [0.4, 0.5) is 0 Å². The molecule has 0 amide bonds. The van der Waals surface area contributed by atoms with Gasteiger partial charge in [0.15, 0.2) is 0 Å². The van der Waals surface area contributed by atoms with E-state index in [-0.39, 0.29) is 0 Å². The van der Waals surface area contributed by atoms with Crippen LogP contribution >= 0.6 is 23.4 Å². The normalized spacial score (nSPS) is 10.7. The number of ether oxygens (including phenoxy) is 2. The van der Waals surface area contributed by atoms with Crippen LogP contribution in [0.1, 0.15) is 5.89 Å². The number of aromatic nitrogens is 2. The van der Waals surface area contributed by atoms with Gasteiger partial charge in [-0.3, -0.25) is 0 Å². The summed E-state index contributed by atoms with van der Waals surface area (Å²) in [6.07, 6.45) is 0. The SMILES string of the molecule is ClCCOc1ccc(-c2nnc(CSCCOc3ccccc3)o2)cc1. The minimum absolute atomic E-state index is 0.461. The molecule has 0 N–H and O–H groups in total. The average molecular weight is 391 g/mol. The minimum atomic E-state index is 0.461. The number of hydrogen-bond acceptors (Lipinski definition) is 6. The number of alkyl halides is 1. The molecular weight excluding hydrogens is 372 g/mol. The fourth-order valence-electron chi connectivity index (χ4n) is 2.17. The van der Waals surface area contributed by atoms with Gasteiger partial charge < -0.3 is 13.9 Å². The van der Waals surface area contributed by atoms with Crippen molar-refractivity contribution >= 4 is 23.4 Å². The van der Waals surface area contributed by atoms with E-state index in [2.05, 4.69) is 10.2 Å². The van der Waals surface area contributed by atoms with Crippen LogP contribution in [0.15, 0.2) is 59.0 Å². The maximum atomic E-state index is 5.71. The van der Waals surface area contributed by atoms with Gasteiger partial charge in [0.2, 0.25) is 11.8 Å². The van der Waals surface area contributed by atoms with Crippen molar-refractivity contribution in [2.24, 2.45) is 0 Å². The van der Waals surface area contributed by atoms with E-state index in [0.29, 0.717) is 36.6 Å². The van der Waals surface area contributed by atoms with Crippen molar-refractivity contribution in [3.8, 4) is 23.0 Å². The lowest BCUT2D eigenvalue weighted by Crippen LogP contribution is -2.00. The van der Waals surface area contributed by atoms with Crippen LogP contribution in [-0.2, 0) is 5.75 Å². The predicted octanol–water partition coefficient (Wildman–Crippen LogP) is 4.67. The Bertz CT molecular complexity index is 781. The second kappa shape index (κ2) is 10.1. The third-order valence-electron chi connectivity index (χ3n) is 3.38. The molecule has 0 spiro atoms. The number of rotatable bonds is 10. The van der Waals surface area contributed by atoms with E-state index in [9.17, 15) is 0 Å². The molecule has 0 atom stereocenters. The number of halogens is 1. The quantitative estimate of drug-likeness (QED) is 0.370. The molecule has 0 unspecified atom stereocenters. The summed E-state index contributed by atoms with van der Waals surface area (Å²) in [4.78, 5) is 0. The molecule has 1 heterocycles. The number of nitrogens with zero attached hydrogens (tertiary/aromatic N) is 2. The van der Waals surface area contributed by atoms with E-state index in [1.165, 1.54) is 0 Å². The molecule has 0 aliphatic carbocycles. The highest BCUT2D eigenvalue weighted by molar-refractivity contribution is 7.98. The first kappa shape index (κ1) is 18.6. The van der Waals surface area contributed by atoms with E-state index in [0.717, 1.165) is 22.8 Å². The van der Waals surface area contributed by atoms with Crippen molar-refractivity contribution in [2.75, 3.05) is 24.8 Å². The number of hydrogen-bond donors (Lipinski definition) is 0. The van der Waals surface area contributed by atoms with Gasteiger partial charge in [0.1, 0.15) is 18.1 Å². The van der Waals surface area contributed by atoms with Crippen molar-refractivity contribution in [1.29, 1.82) is 0 Å². The van der Waals surface area contributed by atoms with Gasteiger partial charge in [-0.05, 0) is 36.4 Å².